The highest BCUT2D eigenvalue weighted by molar-refractivity contribution is 5.77. The Bertz CT molecular complexity index is 345. The molecule has 5 heteroatoms. The van der Waals surface area contributed by atoms with Crippen LogP contribution < -0.4 is 5.32 Å². The molecule has 0 aromatic heterocycles. The number of nitrogens with zero attached hydrogens (tertiary/aromatic N) is 1. The van der Waals surface area contributed by atoms with Gasteiger partial charge in [-0.25, -0.2) is 0 Å². The van der Waals surface area contributed by atoms with Crippen LogP contribution in [-0.2, 0) is 14.3 Å². The molecule has 2 aliphatic heterocycles. The van der Waals surface area contributed by atoms with Crippen molar-refractivity contribution in [3.8, 4) is 0 Å². The van der Waals surface area contributed by atoms with Crippen LogP contribution in [0.3, 0.4) is 0 Å². The van der Waals surface area contributed by atoms with Gasteiger partial charge in [-0.3, -0.25) is 4.79 Å². The summed E-state index contributed by atoms with van der Waals surface area (Å²) in [4.78, 5) is 14.8. The maximum atomic E-state index is 12.3. The van der Waals surface area contributed by atoms with Crippen molar-refractivity contribution in [1.82, 2.24) is 10.2 Å². The number of rotatable bonds is 6. The van der Waals surface area contributed by atoms with Crippen LogP contribution in [0.1, 0.15) is 33.1 Å². The average molecular weight is 298 g/mol. The van der Waals surface area contributed by atoms with E-state index in [1.165, 1.54) is 6.42 Å². The summed E-state index contributed by atoms with van der Waals surface area (Å²) in [5.41, 5.74) is -0.0543. The van der Waals surface area contributed by atoms with E-state index in [2.05, 4.69) is 17.1 Å². The molecule has 0 amide bonds. The lowest BCUT2D eigenvalue weighted by Crippen LogP contribution is -2.50. The van der Waals surface area contributed by atoms with Gasteiger partial charge in [-0.1, -0.05) is 6.92 Å². The number of likely N-dealkylation sites (tertiary alicyclic amines) is 1. The van der Waals surface area contributed by atoms with Gasteiger partial charge in [0.15, 0.2) is 0 Å². The van der Waals surface area contributed by atoms with Crippen molar-refractivity contribution < 1.29 is 14.3 Å². The van der Waals surface area contributed by atoms with E-state index >= 15 is 0 Å². The first-order valence-electron chi connectivity index (χ1n) is 8.13. The number of methoxy groups -OCH3 is 1. The van der Waals surface area contributed by atoms with Gasteiger partial charge in [0.25, 0.3) is 0 Å². The third-order valence-electron chi connectivity index (χ3n) is 5.00. The van der Waals surface area contributed by atoms with E-state index in [1.54, 1.807) is 7.11 Å². The molecule has 1 unspecified atom stereocenters. The average Bonchev–Trinajstić information content (AvgIpc) is 2.88. The van der Waals surface area contributed by atoms with Crippen LogP contribution in [-0.4, -0.2) is 63.9 Å². The van der Waals surface area contributed by atoms with E-state index in [-0.39, 0.29) is 5.97 Å². The first-order valence-corrected chi connectivity index (χ1v) is 8.13. The van der Waals surface area contributed by atoms with Crippen molar-refractivity contribution >= 4 is 5.97 Å². The maximum Gasteiger partial charge on any atom is 0.314 e. The molecule has 2 saturated heterocycles. The van der Waals surface area contributed by atoms with Crippen LogP contribution in [0.5, 0.6) is 0 Å². The minimum absolute atomic E-state index is 0.0831. The van der Waals surface area contributed by atoms with Crippen LogP contribution in [0.4, 0.5) is 0 Å². The SMILES string of the molecule is CCOC(=O)C1(COC)CCN(CC2(C)CCNC2)CC1. The van der Waals surface area contributed by atoms with E-state index in [1.807, 2.05) is 6.92 Å². The Balaban J connectivity index is 1.91. The first kappa shape index (κ1) is 16.7. The summed E-state index contributed by atoms with van der Waals surface area (Å²) in [5, 5.41) is 3.45. The van der Waals surface area contributed by atoms with Crippen molar-refractivity contribution in [3.05, 3.63) is 0 Å². The molecule has 1 atom stereocenters. The lowest BCUT2D eigenvalue weighted by molar-refractivity contribution is -0.163. The normalized spacial score (nSPS) is 29.5. The van der Waals surface area contributed by atoms with Crippen molar-refractivity contribution in [2.75, 3.05) is 53.0 Å². The molecule has 1 N–H and O–H groups in total. The number of carbonyl (C=O) groups excluding carboxylic acids is 1. The third kappa shape index (κ3) is 3.96. The number of piperidine rings is 1. The summed E-state index contributed by atoms with van der Waals surface area (Å²) >= 11 is 0. The molecule has 2 heterocycles. The Labute approximate surface area is 128 Å². The van der Waals surface area contributed by atoms with Gasteiger partial charge in [-0.2, -0.15) is 0 Å². The second kappa shape index (κ2) is 7.07. The molecule has 2 rings (SSSR count). The van der Waals surface area contributed by atoms with E-state index in [0.29, 0.717) is 18.6 Å². The zero-order chi connectivity index (χ0) is 15.3. The molecule has 0 aromatic rings. The quantitative estimate of drug-likeness (QED) is 0.749. The Hall–Kier alpha value is -0.650. The molecule has 2 fully saturated rings. The predicted molar refractivity (Wildman–Crippen MR) is 82.2 cm³/mol. The first-order chi connectivity index (χ1) is 10.0. The lowest BCUT2D eigenvalue weighted by Gasteiger charge is -2.41. The molecular weight excluding hydrogens is 268 g/mol. The Kier molecular flexibility index (Phi) is 5.63. The summed E-state index contributed by atoms with van der Waals surface area (Å²) in [6.45, 7) is 10.4. The number of carbonyl (C=O) groups is 1. The van der Waals surface area contributed by atoms with Gasteiger partial charge in [0.2, 0.25) is 0 Å². The lowest BCUT2D eigenvalue weighted by atomic mass is 9.78. The maximum absolute atomic E-state index is 12.3. The zero-order valence-electron chi connectivity index (χ0n) is 13.7. The molecule has 0 aliphatic carbocycles. The van der Waals surface area contributed by atoms with Gasteiger partial charge in [0, 0.05) is 20.2 Å². The number of hydrogen-bond donors (Lipinski definition) is 1. The van der Waals surface area contributed by atoms with Crippen LogP contribution >= 0.6 is 0 Å². The van der Waals surface area contributed by atoms with E-state index in [4.69, 9.17) is 9.47 Å². The number of ether oxygens (including phenoxy) is 2. The topological polar surface area (TPSA) is 50.8 Å². The molecule has 0 radical (unpaired) electrons. The summed E-state index contributed by atoms with van der Waals surface area (Å²) < 4.78 is 10.6. The number of esters is 1. The van der Waals surface area contributed by atoms with Crippen molar-refractivity contribution in [2.45, 2.75) is 33.1 Å². The van der Waals surface area contributed by atoms with Crippen molar-refractivity contribution in [2.24, 2.45) is 10.8 Å². The minimum atomic E-state index is -0.434. The van der Waals surface area contributed by atoms with Crippen molar-refractivity contribution in [1.29, 1.82) is 0 Å². The second-order valence-corrected chi connectivity index (χ2v) is 6.95. The third-order valence-corrected chi connectivity index (χ3v) is 5.00. The summed E-state index contributed by atoms with van der Waals surface area (Å²) in [6, 6.07) is 0. The summed E-state index contributed by atoms with van der Waals surface area (Å²) in [5.74, 6) is -0.0831. The number of nitrogens with one attached hydrogen (secondary N) is 1. The van der Waals surface area contributed by atoms with Crippen LogP contribution in [0.2, 0.25) is 0 Å². The molecule has 2 aliphatic rings. The monoisotopic (exact) mass is 298 g/mol. The Morgan fingerprint density at radius 3 is 2.52 bits per heavy atom. The molecule has 0 bridgehead atoms. The second-order valence-electron chi connectivity index (χ2n) is 6.95. The molecule has 5 nitrogen and oxygen atoms in total. The fraction of sp³-hybridized carbons (Fsp3) is 0.938. The molecular formula is C16H30N2O3. The fourth-order valence-electron chi connectivity index (χ4n) is 3.65. The van der Waals surface area contributed by atoms with Gasteiger partial charge >= 0.3 is 5.97 Å². The van der Waals surface area contributed by atoms with Gasteiger partial charge in [-0.15, -0.1) is 0 Å². The van der Waals surface area contributed by atoms with E-state index < -0.39 is 5.41 Å². The summed E-state index contributed by atoms with van der Waals surface area (Å²) in [6.07, 6.45) is 2.91. The van der Waals surface area contributed by atoms with E-state index in [9.17, 15) is 4.79 Å². The summed E-state index contributed by atoms with van der Waals surface area (Å²) in [7, 11) is 1.67. The fourth-order valence-corrected chi connectivity index (χ4v) is 3.65. The van der Waals surface area contributed by atoms with E-state index in [0.717, 1.165) is 45.6 Å². The highest BCUT2D eigenvalue weighted by atomic mass is 16.5. The minimum Gasteiger partial charge on any atom is -0.465 e. The van der Waals surface area contributed by atoms with Gasteiger partial charge in [0.1, 0.15) is 0 Å². The van der Waals surface area contributed by atoms with Gasteiger partial charge in [0.05, 0.1) is 18.6 Å². The van der Waals surface area contributed by atoms with Crippen LogP contribution in [0, 0.1) is 10.8 Å². The van der Waals surface area contributed by atoms with Crippen LogP contribution in [0.25, 0.3) is 0 Å². The highest BCUT2D eigenvalue weighted by Crippen LogP contribution is 2.35. The molecule has 0 spiro atoms. The van der Waals surface area contributed by atoms with Gasteiger partial charge in [-0.05, 0) is 51.2 Å². The molecule has 0 saturated carbocycles. The molecule has 122 valence electrons. The Morgan fingerprint density at radius 2 is 2.00 bits per heavy atom. The van der Waals surface area contributed by atoms with Crippen molar-refractivity contribution in [3.63, 3.8) is 0 Å². The zero-order valence-corrected chi connectivity index (χ0v) is 13.7. The number of hydrogen-bond acceptors (Lipinski definition) is 5. The van der Waals surface area contributed by atoms with Gasteiger partial charge < -0.3 is 19.7 Å². The smallest absolute Gasteiger partial charge is 0.314 e. The largest absolute Gasteiger partial charge is 0.465 e. The molecule has 21 heavy (non-hydrogen) atoms. The van der Waals surface area contributed by atoms with Crippen LogP contribution in [0.15, 0.2) is 0 Å². The standard InChI is InChI=1S/C16H30N2O3/c1-4-21-14(19)16(13-20-3)6-9-18(10-7-16)12-15(2)5-8-17-11-15/h17H,4-13H2,1-3H3. The highest BCUT2D eigenvalue weighted by Gasteiger charge is 2.44. The predicted octanol–water partition coefficient (Wildman–Crippen LogP) is 1.28. The Morgan fingerprint density at radius 1 is 1.29 bits per heavy atom. The molecule has 0 aromatic carbocycles.